The molecule has 0 aromatic heterocycles. The van der Waals surface area contributed by atoms with Crippen LogP contribution in [0, 0.1) is 13.8 Å². The first-order valence-electron chi connectivity index (χ1n) is 20.5. The van der Waals surface area contributed by atoms with Gasteiger partial charge in [0.25, 0.3) is 6.92 Å². The van der Waals surface area contributed by atoms with Gasteiger partial charge in [0, 0.05) is 37.2 Å². The van der Waals surface area contributed by atoms with Crippen LogP contribution in [0.4, 0.5) is 0 Å². The molecule has 0 unspecified atom stereocenters. The molecule has 1 aliphatic heterocycles. The van der Waals surface area contributed by atoms with Gasteiger partial charge in [-0.05, 0) is 89.4 Å². The third kappa shape index (κ3) is 34.2. The summed E-state index contributed by atoms with van der Waals surface area (Å²) in [5.74, 6) is 0. The SMILES string of the molecule is Brc1ccc2ccccc2c1.C.C.C.C.C.C.C.C.C.C.C.C.CB(O)c1ccc2ccccc2c1.CC1(C)OB(c2ccc3ccccc3c2)OC1(C)C.CCCCB(C)O.[CH2-]CC.[CH2-]CCC.[Y]. The summed E-state index contributed by atoms with van der Waals surface area (Å²) in [5.41, 5.74) is 1.48. The predicted octanol–water partition coefficient (Wildman–Crippen LogP) is 20.3. The summed E-state index contributed by atoms with van der Waals surface area (Å²) < 4.78 is 13.3. The van der Waals surface area contributed by atoms with Crippen molar-refractivity contribution in [2.24, 2.45) is 0 Å². The average Bonchev–Trinajstić information content (AvgIpc) is 3.43. The van der Waals surface area contributed by atoms with Crippen molar-refractivity contribution in [2.75, 3.05) is 0 Å². The normalized spacial score (nSPS) is 10.8. The van der Waals surface area contributed by atoms with Crippen molar-refractivity contribution < 1.29 is 52.1 Å². The van der Waals surface area contributed by atoms with Gasteiger partial charge in [0.05, 0.1) is 11.2 Å². The number of rotatable bonds is 6. The molecular weight excluding hydrogens is 998 g/mol. The van der Waals surface area contributed by atoms with Crippen molar-refractivity contribution in [2.45, 2.75) is 201 Å². The van der Waals surface area contributed by atoms with Gasteiger partial charge in [-0.3, -0.25) is 0 Å². The summed E-state index contributed by atoms with van der Waals surface area (Å²) in [5, 5.41) is 25.5. The van der Waals surface area contributed by atoms with Gasteiger partial charge in [-0.1, -0.05) is 274 Å². The van der Waals surface area contributed by atoms with E-state index in [-0.39, 0.29) is 154 Å². The number of fused-ring (bicyclic) bond motifs is 3. The van der Waals surface area contributed by atoms with E-state index < -0.39 is 0 Å². The third-order valence-corrected chi connectivity index (χ3v) is 10.1. The molecule has 4 nitrogen and oxygen atoms in total. The molecule has 0 atom stereocenters. The van der Waals surface area contributed by atoms with Gasteiger partial charge >= 0.3 is 14.0 Å². The van der Waals surface area contributed by atoms with Crippen molar-refractivity contribution in [3.05, 3.63) is 146 Å². The molecule has 403 valence electrons. The zero-order valence-electron chi connectivity index (χ0n) is 36.7. The fraction of sp³-hybridized carbons (Fsp3) is 0.475. The zero-order valence-corrected chi connectivity index (χ0v) is 41.1. The largest absolute Gasteiger partial charge is 0.494 e. The van der Waals surface area contributed by atoms with Gasteiger partial charge < -0.3 is 33.2 Å². The molecule has 1 radical (unpaired) electrons. The van der Waals surface area contributed by atoms with Crippen molar-refractivity contribution in [1.29, 1.82) is 0 Å². The summed E-state index contributed by atoms with van der Waals surface area (Å²) in [6.45, 7) is 24.8. The number of hydrogen-bond donors (Lipinski definition) is 2. The van der Waals surface area contributed by atoms with E-state index in [0.29, 0.717) is 0 Å². The summed E-state index contributed by atoms with van der Waals surface area (Å²) in [4.78, 5) is 0. The van der Waals surface area contributed by atoms with Crippen LogP contribution in [-0.2, 0) is 42.0 Å². The Balaban J connectivity index is -0.0000000598. The van der Waals surface area contributed by atoms with Crippen LogP contribution in [0.3, 0.4) is 0 Å². The van der Waals surface area contributed by atoms with Crippen LogP contribution in [0.2, 0.25) is 20.0 Å². The fourth-order valence-electron chi connectivity index (χ4n) is 5.46. The number of halogens is 1. The summed E-state index contributed by atoms with van der Waals surface area (Å²) >= 11 is 3.43. The second kappa shape index (κ2) is 51.6. The molecule has 9 heteroatoms. The monoisotopic (exact) mass is 1110 g/mol. The van der Waals surface area contributed by atoms with Gasteiger partial charge in [0.2, 0.25) is 0 Å². The topological polar surface area (TPSA) is 58.9 Å². The van der Waals surface area contributed by atoms with Crippen molar-refractivity contribution >= 4 is 80.1 Å². The predicted molar refractivity (Wildman–Crippen MR) is 339 cm³/mol. The molecule has 1 aliphatic rings. The Hall–Kier alpha value is -2.28. The third-order valence-electron chi connectivity index (χ3n) is 9.60. The van der Waals surface area contributed by atoms with Gasteiger partial charge in [0.1, 0.15) is 0 Å². The van der Waals surface area contributed by atoms with Gasteiger partial charge in [-0.2, -0.15) is 12.8 Å². The minimum absolute atomic E-state index is 0. The molecule has 6 aromatic rings. The second-order valence-corrected chi connectivity index (χ2v) is 16.2. The van der Waals surface area contributed by atoms with E-state index in [1.54, 1.807) is 6.82 Å². The van der Waals surface area contributed by atoms with Gasteiger partial charge in [-0.15, -0.1) is 0 Å². The van der Waals surface area contributed by atoms with Gasteiger partial charge in [-0.25, -0.2) is 0 Å². The van der Waals surface area contributed by atoms with E-state index in [0.717, 1.165) is 41.0 Å². The van der Waals surface area contributed by atoms with E-state index in [4.69, 9.17) is 14.3 Å². The first-order valence-corrected chi connectivity index (χ1v) is 21.3. The first kappa shape index (κ1) is 97.1. The maximum Gasteiger partial charge on any atom is 0.494 e. The molecule has 0 spiro atoms. The molecule has 0 aliphatic carbocycles. The van der Waals surface area contributed by atoms with Crippen LogP contribution in [0.5, 0.6) is 0 Å². The maximum absolute atomic E-state index is 9.38. The van der Waals surface area contributed by atoms with Crippen molar-refractivity contribution in [3.63, 3.8) is 0 Å². The Morgan fingerprint density at radius 2 is 0.843 bits per heavy atom. The van der Waals surface area contributed by atoms with Crippen LogP contribution in [-0.4, -0.2) is 42.2 Å². The van der Waals surface area contributed by atoms with Crippen LogP contribution in [0.25, 0.3) is 32.3 Å². The summed E-state index contributed by atoms with van der Waals surface area (Å²) in [7, 11) is -0.283. The molecule has 1 saturated heterocycles. The van der Waals surface area contributed by atoms with Crippen LogP contribution in [0.1, 0.15) is 170 Å². The molecular formula is C61H114B3BrO4Y-2. The molecule has 0 saturated carbocycles. The zero-order chi connectivity index (χ0) is 42.4. The maximum atomic E-state index is 9.38. The fourth-order valence-corrected chi connectivity index (χ4v) is 5.84. The minimum atomic E-state index is -0.385. The number of unbranched alkanes of at least 4 members (excludes halogenated alkanes) is 2. The average molecular weight is 1110 g/mol. The minimum Gasteiger partial charge on any atom is -0.451 e. The Labute approximate surface area is 475 Å². The molecule has 0 bridgehead atoms. The summed E-state index contributed by atoms with van der Waals surface area (Å²) in [6, 6.07) is 43.5. The van der Waals surface area contributed by atoms with Gasteiger partial charge in [0.15, 0.2) is 0 Å². The summed E-state index contributed by atoms with van der Waals surface area (Å²) in [6.07, 6.45) is 6.57. The van der Waals surface area contributed by atoms with Crippen LogP contribution < -0.4 is 10.9 Å². The van der Waals surface area contributed by atoms with E-state index in [2.05, 4.69) is 168 Å². The Kier molecular flexibility index (Phi) is 71.6. The van der Waals surface area contributed by atoms with Crippen molar-refractivity contribution in [1.82, 2.24) is 0 Å². The first-order chi connectivity index (χ1) is 27.1. The molecule has 70 heavy (non-hydrogen) atoms. The van der Waals surface area contributed by atoms with E-state index >= 15 is 0 Å². The Morgan fingerprint density at radius 3 is 1.17 bits per heavy atom. The van der Waals surface area contributed by atoms with Crippen LogP contribution in [0.15, 0.2) is 132 Å². The molecule has 1 heterocycles. The standard InChI is InChI=1S/C16H19BO2.C11H11BO.C10H7Br.C5H13BO.C4H9.C3H7.12CH4.Y/c1-15(2)16(3,4)19-17(18-15)14-10-9-12-7-5-6-8-13(12)11-14;1-12(13)11-7-6-9-4-2-3-5-10(9)8-11;11-10-6-5-8-3-1-2-4-9(8)7-10;1-3-4-5-6(2)7;1-3-4-2;1-3-2;;;;;;;;;;;;;/h5-11H,1-4H3;2-8,13H,1H3;1-7H;7H,3-5H2,1-2H3;1,3-4H2,2H3;1,3H2,2H3;12*1H4;/q;;;;2*-1;;;;;;;;;;;;;. The number of benzene rings is 6. The molecule has 0 amide bonds. The molecule has 2 N–H and O–H groups in total. The van der Waals surface area contributed by atoms with Crippen molar-refractivity contribution in [3.8, 4) is 0 Å². The Bertz CT molecular complexity index is 2010. The van der Waals surface area contributed by atoms with E-state index in [9.17, 15) is 5.02 Å². The molecule has 1 fully saturated rings. The Morgan fingerprint density at radius 1 is 0.514 bits per heavy atom. The van der Waals surface area contributed by atoms with E-state index in [1.165, 1.54) is 45.2 Å². The second-order valence-electron chi connectivity index (χ2n) is 15.3. The smallest absolute Gasteiger partial charge is 0.451 e. The molecule has 6 aromatic carbocycles. The van der Waals surface area contributed by atoms with E-state index in [1.807, 2.05) is 44.1 Å². The van der Waals surface area contributed by atoms with Crippen LogP contribution >= 0.6 is 15.9 Å². The quantitative estimate of drug-likeness (QED) is 0.129. The number of hydrogen-bond acceptors (Lipinski definition) is 4. The molecule has 7 rings (SSSR count).